The lowest BCUT2D eigenvalue weighted by atomic mass is 10.0. The Morgan fingerprint density at radius 1 is 0.765 bits per heavy atom. The molecule has 2 aromatic heterocycles. The number of ether oxygens (including phenoxy) is 1. The van der Waals surface area contributed by atoms with Gasteiger partial charge in [0, 0.05) is 50.1 Å². The van der Waals surface area contributed by atoms with E-state index < -0.39 is 88.0 Å². The molecule has 4 aliphatic rings. The van der Waals surface area contributed by atoms with Gasteiger partial charge >= 0.3 is 6.09 Å². The molecule has 370 valence electrons. The summed E-state index contributed by atoms with van der Waals surface area (Å²) in [5.41, 5.74) is 1.67. The van der Waals surface area contributed by atoms with Crippen molar-refractivity contribution >= 4 is 24.4 Å². The number of nitrogens with two attached hydrogens (primary N) is 1. The van der Waals surface area contributed by atoms with Gasteiger partial charge in [-0.3, -0.25) is 14.4 Å². The molecule has 4 N–H and O–H groups in total. The highest BCUT2D eigenvalue weighted by Crippen LogP contribution is 2.50. The topological polar surface area (TPSA) is 220 Å². The number of halogens is 8. The third-order valence-electron chi connectivity index (χ3n) is 11.5. The molecule has 24 heteroatoms. The van der Waals surface area contributed by atoms with Gasteiger partial charge < -0.3 is 39.7 Å². The molecule has 8 rings (SSSR count). The van der Waals surface area contributed by atoms with Crippen molar-refractivity contribution in [3.8, 4) is 0 Å². The molecule has 3 amide bonds. The van der Waals surface area contributed by atoms with Crippen molar-refractivity contribution < 1.29 is 73.2 Å². The summed E-state index contributed by atoms with van der Waals surface area (Å²) in [6.45, 7) is 5.53. The quantitative estimate of drug-likeness (QED) is 0.0676. The summed E-state index contributed by atoms with van der Waals surface area (Å²) in [5, 5.41) is 17.1. The molecule has 0 radical (unpaired) electrons. The average Bonchev–Trinajstić information content (AvgIpc) is 3.77. The van der Waals surface area contributed by atoms with E-state index in [9.17, 15) is 49.5 Å². The smallest absolute Gasteiger partial charge is 0.407 e. The molecule has 4 aromatic rings. The number of nitrogens with zero attached hydrogens (tertiary/aromatic N) is 6. The van der Waals surface area contributed by atoms with Gasteiger partial charge in [-0.25, -0.2) is 39.9 Å². The number of hydrogen-bond acceptors (Lipinski definition) is 12. The minimum Gasteiger partial charge on any atom is -0.483 e. The van der Waals surface area contributed by atoms with Crippen LogP contribution in [0, 0.1) is 34.9 Å². The van der Waals surface area contributed by atoms with Gasteiger partial charge in [0.1, 0.15) is 17.2 Å². The van der Waals surface area contributed by atoms with Gasteiger partial charge in [-0.15, -0.1) is 0 Å². The number of hydrogen-bond donors (Lipinski definition) is 3. The van der Waals surface area contributed by atoms with E-state index in [0.29, 0.717) is 82.7 Å². The van der Waals surface area contributed by atoms with Gasteiger partial charge in [-0.2, -0.15) is 9.97 Å². The minimum atomic E-state index is -1.60. The van der Waals surface area contributed by atoms with E-state index in [-0.39, 0.29) is 72.6 Å². The molecule has 0 unspecified atom stereocenters. The molecule has 2 aromatic carbocycles. The highest BCUT2D eigenvalue weighted by Gasteiger charge is 2.52. The van der Waals surface area contributed by atoms with Crippen molar-refractivity contribution in [2.24, 2.45) is 5.73 Å². The number of rotatable bonds is 13. The monoisotopic (exact) mass is 970 g/mol. The first-order valence-corrected chi connectivity index (χ1v) is 21.8. The third kappa shape index (κ3) is 12.9. The van der Waals surface area contributed by atoms with E-state index in [0.717, 1.165) is 6.07 Å². The van der Waals surface area contributed by atoms with Crippen molar-refractivity contribution in [3.63, 3.8) is 0 Å². The molecular formula is C44H50F8N8O8. The maximum atomic E-state index is 14.3. The fourth-order valence-corrected chi connectivity index (χ4v) is 7.80. The number of benzene rings is 2. The Morgan fingerprint density at radius 2 is 1.18 bits per heavy atom. The summed E-state index contributed by atoms with van der Waals surface area (Å²) in [6.07, 6.45) is 2.14. The van der Waals surface area contributed by atoms with Gasteiger partial charge in [0.2, 0.25) is 11.8 Å². The fourth-order valence-electron chi connectivity index (χ4n) is 7.80. The predicted octanol–water partition coefficient (Wildman–Crippen LogP) is 7.41. The van der Waals surface area contributed by atoms with Crippen molar-refractivity contribution in [2.75, 3.05) is 13.1 Å². The molecule has 4 fully saturated rings. The number of carboxylic acid groups (broad SMARTS) is 1. The molecule has 68 heavy (non-hydrogen) atoms. The van der Waals surface area contributed by atoms with Gasteiger partial charge in [-0.1, -0.05) is 10.3 Å². The lowest BCUT2D eigenvalue weighted by Gasteiger charge is -2.27. The van der Waals surface area contributed by atoms with E-state index >= 15 is 0 Å². The zero-order valence-corrected chi connectivity index (χ0v) is 37.2. The second kappa shape index (κ2) is 21.0. The Morgan fingerprint density at radius 3 is 1.60 bits per heavy atom. The first-order chi connectivity index (χ1) is 32.0. The first kappa shape index (κ1) is 51.2. The van der Waals surface area contributed by atoms with Crippen LogP contribution in [0.25, 0.3) is 0 Å². The summed E-state index contributed by atoms with van der Waals surface area (Å²) in [5.74, 6) is -7.37. The molecule has 4 heterocycles. The number of amides is 3. The van der Waals surface area contributed by atoms with E-state index in [4.69, 9.17) is 29.4 Å². The lowest BCUT2D eigenvalue weighted by molar-refractivity contribution is -0.133. The maximum absolute atomic E-state index is 14.3. The zero-order valence-electron chi connectivity index (χ0n) is 37.2. The van der Waals surface area contributed by atoms with Crippen LogP contribution in [0.5, 0.6) is 0 Å². The Hall–Kier alpha value is -6.20. The SMILES string of the molecule is CC(C)(C)OC(=O)N[C@@H](CC(=O)N1CCC[C@H]1c1noc(C2(F)CC2)n1)Cc1cc(F)c(F)cc1F.N[C@@H](CC(=O)N1CCC[C@H]1c1noc(C2(F)CC2)n1)Cc1cc(F)c(F)cc1F.O=CO. The summed E-state index contributed by atoms with van der Waals surface area (Å²) < 4.78 is 125. The van der Waals surface area contributed by atoms with Gasteiger partial charge in [0.25, 0.3) is 18.3 Å². The van der Waals surface area contributed by atoms with Crippen LogP contribution in [-0.2, 0) is 43.3 Å². The summed E-state index contributed by atoms with van der Waals surface area (Å²) in [4.78, 5) is 58.1. The number of alkyl carbamates (subject to hydrolysis) is 1. The van der Waals surface area contributed by atoms with E-state index in [1.54, 1.807) is 25.7 Å². The van der Waals surface area contributed by atoms with Crippen molar-refractivity contribution in [1.82, 2.24) is 35.4 Å². The van der Waals surface area contributed by atoms with Crippen molar-refractivity contribution in [3.05, 3.63) is 93.7 Å². The zero-order chi connectivity index (χ0) is 49.7. The third-order valence-corrected chi connectivity index (χ3v) is 11.5. The van der Waals surface area contributed by atoms with Crippen LogP contribution in [-0.4, -0.2) is 90.3 Å². The van der Waals surface area contributed by atoms with Crippen molar-refractivity contribution in [2.45, 2.75) is 139 Å². The molecule has 2 saturated carbocycles. The maximum Gasteiger partial charge on any atom is 0.407 e. The highest BCUT2D eigenvalue weighted by atomic mass is 19.2. The highest BCUT2D eigenvalue weighted by molar-refractivity contribution is 5.79. The van der Waals surface area contributed by atoms with Crippen LogP contribution < -0.4 is 11.1 Å². The Labute approximate surface area is 383 Å². The van der Waals surface area contributed by atoms with Crippen LogP contribution >= 0.6 is 0 Å². The summed E-state index contributed by atoms with van der Waals surface area (Å²) in [7, 11) is 0. The van der Waals surface area contributed by atoms with Crippen LogP contribution in [0.1, 0.15) is 132 Å². The number of aromatic nitrogens is 4. The fraction of sp³-hybridized carbons (Fsp3) is 0.545. The molecule has 2 aliphatic carbocycles. The molecule has 0 spiro atoms. The van der Waals surface area contributed by atoms with Gasteiger partial charge in [0.15, 0.2) is 46.3 Å². The van der Waals surface area contributed by atoms with Crippen LogP contribution in [0.15, 0.2) is 33.3 Å². The normalized spacial score (nSPS) is 19.8. The van der Waals surface area contributed by atoms with Crippen LogP contribution in [0.4, 0.5) is 39.9 Å². The lowest BCUT2D eigenvalue weighted by Crippen LogP contribution is -2.44. The van der Waals surface area contributed by atoms with Crippen molar-refractivity contribution in [1.29, 1.82) is 0 Å². The van der Waals surface area contributed by atoms with Crippen LogP contribution in [0.3, 0.4) is 0 Å². The molecule has 2 aliphatic heterocycles. The number of carbonyl (C=O) groups excluding carboxylic acids is 3. The van der Waals surface area contributed by atoms with Gasteiger partial charge in [0.05, 0.1) is 12.1 Å². The largest absolute Gasteiger partial charge is 0.483 e. The predicted molar refractivity (Wildman–Crippen MR) is 219 cm³/mol. The second-order valence-electron chi connectivity index (χ2n) is 18.1. The van der Waals surface area contributed by atoms with Gasteiger partial charge in [-0.05, 0) is 108 Å². The number of carbonyl (C=O) groups is 4. The molecule has 16 nitrogen and oxygen atoms in total. The summed E-state index contributed by atoms with van der Waals surface area (Å²) >= 11 is 0. The second-order valence-corrected chi connectivity index (χ2v) is 18.1. The Balaban J connectivity index is 0.000000216. The summed E-state index contributed by atoms with van der Waals surface area (Å²) in [6, 6.07) is -0.435. The number of alkyl halides is 2. The number of likely N-dealkylation sites (tertiary alicyclic amines) is 2. The van der Waals surface area contributed by atoms with E-state index in [1.807, 2.05) is 0 Å². The van der Waals surface area contributed by atoms with Crippen LogP contribution in [0.2, 0.25) is 0 Å². The average molecular weight is 971 g/mol. The molecule has 0 bridgehead atoms. The minimum absolute atomic E-state index is 0.0580. The molecule has 2 saturated heterocycles. The Kier molecular flexibility index (Phi) is 15.8. The Bertz CT molecular complexity index is 2460. The van der Waals surface area contributed by atoms with E-state index in [1.165, 1.54) is 4.90 Å². The van der Waals surface area contributed by atoms with E-state index in [2.05, 4.69) is 25.6 Å². The molecular weight excluding hydrogens is 921 g/mol. The number of nitrogens with one attached hydrogen (secondary N) is 1. The molecule has 4 atom stereocenters. The first-order valence-electron chi connectivity index (χ1n) is 21.8. The standard InChI is InChI=1S/C24H28F4N4O4.C19H20F4N4O2.CH2O2/c1-23(2,3)35-22(34)29-14(9-13-10-16(26)17(27)12-15(13)25)11-19(33)32-8-4-5-18(32)20-30-21(36-31-20)24(28)6-7-24;20-12-9-14(22)13(21)7-10(12)6-11(24)8-16(28)27-5-1-2-15(27)17-25-18(29-26-17)19(23)3-4-19;2-1-3/h10,12,14,18H,4-9,11H2,1-3H3,(H,29,34);7,9,11,15H,1-6,8,24H2;1H,(H,2,3)/t14-,18+;11-,15+;/m11./s1.